The molecule has 21 heavy (non-hydrogen) atoms. The zero-order valence-corrected chi connectivity index (χ0v) is 13.2. The fourth-order valence-corrected chi connectivity index (χ4v) is 2.82. The van der Waals surface area contributed by atoms with Crippen LogP contribution in [0.5, 0.6) is 0 Å². The van der Waals surface area contributed by atoms with Crippen LogP contribution in [-0.4, -0.2) is 11.3 Å². The average molecular weight is 278 g/mol. The van der Waals surface area contributed by atoms with Gasteiger partial charge in [-0.05, 0) is 57.0 Å². The van der Waals surface area contributed by atoms with Crippen LogP contribution < -0.4 is 5.32 Å². The maximum Gasteiger partial charge on any atom is 0.0636 e. The highest BCUT2D eigenvalue weighted by atomic mass is 15.0. The molecule has 0 saturated heterocycles. The van der Waals surface area contributed by atoms with Crippen molar-refractivity contribution < 1.29 is 0 Å². The molecule has 0 radical (unpaired) electrons. The summed E-state index contributed by atoms with van der Waals surface area (Å²) in [6, 6.07) is 14.8. The summed E-state index contributed by atoms with van der Waals surface area (Å²) in [5.41, 5.74) is 7.24. The second-order valence-corrected chi connectivity index (χ2v) is 6.56. The molecule has 1 aliphatic heterocycles. The van der Waals surface area contributed by atoms with E-state index in [1.807, 2.05) is 0 Å². The molecule has 2 nitrogen and oxygen atoms in total. The highest BCUT2D eigenvalue weighted by Crippen LogP contribution is 2.32. The molecule has 0 unspecified atom stereocenters. The second-order valence-electron chi connectivity index (χ2n) is 6.56. The van der Waals surface area contributed by atoms with Gasteiger partial charge in [0.05, 0.1) is 11.4 Å². The lowest BCUT2D eigenvalue weighted by Crippen LogP contribution is -2.38. The van der Waals surface area contributed by atoms with Crippen molar-refractivity contribution in [1.82, 2.24) is 0 Å². The maximum absolute atomic E-state index is 4.93. The Hall–Kier alpha value is -2.09. The Morgan fingerprint density at radius 2 is 1.76 bits per heavy atom. The molecule has 0 bridgehead atoms. The van der Waals surface area contributed by atoms with Crippen molar-refractivity contribution in [2.75, 3.05) is 5.32 Å². The van der Waals surface area contributed by atoms with Gasteiger partial charge in [-0.15, -0.1) is 0 Å². The molecule has 0 spiro atoms. The Morgan fingerprint density at radius 3 is 2.52 bits per heavy atom. The van der Waals surface area contributed by atoms with Crippen molar-refractivity contribution in [3.63, 3.8) is 0 Å². The number of aliphatic imine (C=N–C) groups is 1. The summed E-state index contributed by atoms with van der Waals surface area (Å²) in [6.45, 7) is 8.71. The van der Waals surface area contributed by atoms with Crippen LogP contribution in [0.1, 0.15) is 37.0 Å². The molecule has 1 aliphatic rings. The van der Waals surface area contributed by atoms with Crippen molar-refractivity contribution in [2.45, 2.75) is 39.7 Å². The van der Waals surface area contributed by atoms with Crippen LogP contribution in [0.15, 0.2) is 47.5 Å². The molecule has 1 heterocycles. The van der Waals surface area contributed by atoms with Gasteiger partial charge in [0.25, 0.3) is 0 Å². The SMILES string of the molecule is Cc1ccc(N=C2CC(C)(C)Nc3ccccc32)cc1C. The summed E-state index contributed by atoms with van der Waals surface area (Å²) in [5, 5.41) is 3.59. The number of fused-ring (bicyclic) bond motifs is 1. The van der Waals surface area contributed by atoms with Gasteiger partial charge in [-0.2, -0.15) is 0 Å². The van der Waals surface area contributed by atoms with E-state index in [0.717, 1.165) is 17.8 Å². The Balaban J connectivity index is 2.08. The van der Waals surface area contributed by atoms with Crippen LogP contribution in [0.25, 0.3) is 0 Å². The van der Waals surface area contributed by atoms with Gasteiger partial charge in [-0.3, -0.25) is 4.99 Å². The minimum Gasteiger partial charge on any atom is -0.379 e. The molecule has 0 atom stereocenters. The first-order valence-corrected chi connectivity index (χ1v) is 7.47. The minimum atomic E-state index is 0.0347. The van der Waals surface area contributed by atoms with E-state index in [1.54, 1.807) is 0 Å². The Morgan fingerprint density at radius 1 is 1.00 bits per heavy atom. The van der Waals surface area contributed by atoms with Crippen LogP contribution in [0, 0.1) is 13.8 Å². The van der Waals surface area contributed by atoms with Crippen molar-refractivity contribution in [3.8, 4) is 0 Å². The zero-order chi connectivity index (χ0) is 15.0. The molecule has 0 saturated carbocycles. The van der Waals surface area contributed by atoms with Gasteiger partial charge in [0.15, 0.2) is 0 Å². The van der Waals surface area contributed by atoms with E-state index in [4.69, 9.17) is 4.99 Å². The molecule has 1 N–H and O–H groups in total. The molecule has 0 fully saturated rings. The standard InChI is InChI=1S/C19H22N2/c1-13-9-10-15(11-14(13)2)20-18-12-19(3,4)21-17-8-6-5-7-16(17)18/h5-11,21H,12H2,1-4H3. The zero-order valence-electron chi connectivity index (χ0n) is 13.2. The fraction of sp³-hybridized carbons (Fsp3) is 0.316. The Kier molecular flexibility index (Phi) is 3.32. The second kappa shape index (κ2) is 5.03. The van der Waals surface area contributed by atoms with Gasteiger partial charge >= 0.3 is 0 Å². The molecule has 2 aromatic carbocycles. The van der Waals surface area contributed by atoms with E-state index in [1.165, 1.54) is 22.4 Å². The van der Waals surface area contributed by atoms with Crippen molar-refractivity contribution in [1.29, 1.82) is 0 Å². The highest BCUT2D eigenvalue weighted by Gasteiger charge is 2.28. The van der Waals surface area contributed by atoms with Crippen molar-refractivity contribution in [3.05, 3.63) is 59.2 Å². The van der Waals surface area contributed by atoms with E-state index in [9.17, 15) is 0 Å². The Labute approximate surface area is 126 Å². The summed E-state index contributed by atoms with van der Waals surface area (Å²) >= 11 is 0. The quantitative estimate of drug-likeness (QED) is 0.778. The van der Waals surface area contributed by atoms with E-state index in [0.29, 0.717) is 0 Å². The predicted molar refractivity (Wildman–Crippen MR) is 90.9 cm³/mol. The van der Waals surface area contributed by atoms with Gasteiger partial charge in [0.2, 0.25) is 0 Å². The molecular formula is C19H22N2. The highest BCUT2D eigenvalue weighted by molar-refractivity contribution is 6.08. The number of hydrogen-bond donors (Lipinski definition) is 1. The molecule has 0 amide bonds. The number of nitrogens with zero attached hydrogens (tertiary/aromatic N) is 1. The smallest absolute Gasteiger partial charge is 0.0636 e. The third-order valence-electron chi connectivity index (χ3n) is 4.07. The van der Waals surface area contributed by atoms with Crippen LogP contribution in [0.4, 0.5) is 11.4 Å². The van der Waals surface area contributed by atoms with Crippen LogP contribution in [0.2, 0.25) is 0 Å². The number of benzene rings is 2. The van der Waals surface area contributed by atoms with E-state index < -0.39 is 0 Å². The largest absolute Gasteiger partial charge is 0.379 e. The van der Waals surface area contributed by atoms with Gasteiger partial charge in [-0.1, -0.05) is 24.3 Å². The lowest BCUT2D eigenvalue weighted by atomic mass is 9.87. The Bertz CT molecular complexity index is 711. The first-order valence-electron chi connectivity index (χ1n) is 7.47. The summed E-state index contributed by atoms with van der Waals surface area (Å²) in [4.78, 5) is 4.93. The molecule has 0 aliphatic carbocycles. The number of rotatable bonds is 1. The van der Waals surface area contributed by atoms with E-state index >= 15 is 0 Å². The molecule has 0 aromatic heterocycles. The lowest BCUT2D eigenvalue weighted by molar-refractivity contribution is 0.585. The van der Waals surface area contributed by atoms with Crippen LogP contribution in [-0.2, 0) is 0 Å². The summed E-state index contributed by atoms with van der Waals surface area (Å²) in [6.07, 6.45) is 0.928. The minimum absolute atomic E-state index is 0.0347. The van der Waals surface area contributed by atoms with E-state index in [2.05, 4.69) is 75.5 Å². The number of nitrogens with one attached hydrogen (secondary N) is 1. The molecular weight excluding hydrogens is 256 g/mol. The topological polar surface area (TPSA) is 24.4 Å². The molecule has 2 aromatic rings. The summed E-state index contributed by atoms with van der Waals surface area (Å²) in [5.74, 6) is 0. The third kappa shape index (κ3) is 2.85. The maximum atomic E-state index is 4.93. The van der Waals surface area contributed by atoms with Gasteiger partial charge < -0.3 is 5.32 Å². The fourth-order valence-electron chi connectivity index (χ4n) is 2.82. The van der Waals surface area contributed by atoms with Crippen molar-refractivity contribution >= 4 is 17.1 Å². The molecule has 2 heteroatoms. The predicted octanol–water partition coefficient (Wildman–Crippen LogP) is 5.02. The van der Waals surface area contributed by atoms with Gasteiger partial charge in [0, 0.05) is 23.2 Å². The van der Waals surface area contributed by atoms with Gasteiger partial charge in [-0.25, -0.2) is 0 Å². The first-order chi connectivity index (χ1) is 9.94. The third-order valence-corrected chi connectivity index (χ3v) is 4.07. The number of anilines is 1. The normalized spacial score (nSPS) is 18.2. The number of para-hydroxylation sites is 1. The van der Waals surface area contributed by atoms with Crippen molar-refractivity contribution in [2.24, 2.45) is 4.99 Å². The molecule has 108 valence electrons. The van der Waals surface area contributed by atoms with Crippen LogP contribution >= 0.6 is 0 Å². The molecule has 3 rings (SSSR count). The number of hydrogen-bond acceptors (Lipinski definition) is 2. The average Bonchev–Trinajstić information content (AvgIpc) is 2.42. The monoisotopic (exact) mass is 278 g/mol. The summed E-state index contributed by atoms with van der Waals surface area (Å²) in [7, 11) is 0. The van der Waals surface area contributed by atoms with Crippen LogP contribution in [0.3, 0.4) is 0 Å². The first kappa shape index (κ1) is 13.9. The van der Waals surface area contributed by atoms with Gasteiger partial charge in [0.1, 0.15) is 0 Å². The number of aryl methyl sites for hydroxylation is 2. The lowest BCUT2D eigenvalue weighted by Gasteiger charge is -2.34. The van der Waals surface area contributed by atoms with E-state index in [-0.39, 0.29) is 5.54 Å². The summed E-state index contributed by atoms with van der Waals surface area (Å²) < 4.78 is 0.